The van der Waals surface area contributed by atoms with Gasteiger partial charge in [-0.2, -0.15) is 4.98 Å². The SMILES string of the molecule is CC(=O)O.CCCCNc1ncc2c(C3CCNCC3)cn(C3CCC(O)CC3)c2n1. The lowest BCUT2D eigenvalue weighted by Gasteiger charge is -2.27. The molecule has 1 aliphatic carbocycles. The van der Waals surface area contributed by atoms with Gasteiger partial charge in [-0.1, -0.05) is 13.3 Å². The lowest BCUT2D eigenvalue weighted by atomic mass is 9.90. The summed E-state index contributed by atoms with van der Waals surface area (Å²) in [5, 5.41) is 25.4. The number of piperidine rings is 1. The molecule has 0 aromatic carbocycles. The van der Waals surface area contributed by atoms with Crippen LogP contribution in [0.1, 0.15) is 82.7 Å². The van der Waals surface area contributed by atoms with Gasteiger partial charge in [0, 0.05) is 37.3 Å². The van der Waals surface area contributed by atoms with Crippen LogP contribution in [0.15, 0.2) is 12.4 Å². The van der Waals surface area contributed by atoms with Crippen LogP contribution in [0, 0.1) is 0 Å². The number of hydrogen-bond donors (Lipinski definition) is 4. The summed E-state index contributed by atoms with van der Waals surface area (Å²) in [6, 6.07) is 0.435. The van der Waals surface area contributed by atoms with E-state index in [-0.39, 0.29) is 6.10 Å². The van der Waals surface area contributed by atoms with Gasteiger partial charge < -0.3 is 25.4 Å². The van der Waals surface area contributed by atoms with E-state index < -0.39 is 5.97 Å². The molecule has 2 fully saturated rings. The van der Waals surface area contributed by atoms with Crippen LogP contribution in [0.3, 0.4) is 0 Å². The molecule has 2 aromatic rings. The highest BCUT2D eigenvalue weighted by atomic mass is 16.4. The number of aromatic nitrogens is 3. The van der Waals surface area contributed by atoms with Crippen molar-refractivity contribution >= 4 is 23.0 Å². The van der Waals surface area contributed by atoms with E-state index in [4.69, 9.17) is 14.9 Å². The molecule has 4 N–H and O–H groups in total. The number of carboxylic acids is 1. The second kappa shape index (κ2) is 11.4. The minimum atomic E-state index is -0.833. The first-order valence-electron chi connectivity index (χ1n) is 11.7. The van der Waals surface area contributed by atoms with Crippen molar-refractivity contribution in [2.75, 3.05) is 25.0 Å². The quantitative estimate of drug-likeness (QED) is 0.516. The van der Waals surface area contributed by atoms with E-state index in [0.717, 1.165) is 76.7 Å². The first-order chi connectivity index (χ1) is 15.0. The molecule has 0 unspecified atom stereocenters. The maximum Gasteiger partial charge on any atom is 0.300 e. The van der Waals surface area contributed by atoms with Crippen LogP contribution in [0.5, 0.6) is 0 Å². The van der Waals surface area contributed by atoms with Crippen molar-refractivity contribution in [2.24, 2.45) is 0 Å². The summed E-state index contributed by atoms with van der Waals surface area (Å²) in [5.41, 5.74) is 2.48. The largest absolute Gasteiger partial charge is 0.481 e. The van der Waals surface area contributed by atoms with Gasteiger partial charge in [0.1, 0.15) is 5.65 Å². The van der Waals surface area contributed by atoms with Crippen LogP contribution in [-0.2, 0) is 4.79 Å². The fraction of sp³-hybridized carbons (Fsp3) is 0.696. The summed E-state index contributed by atoms with van der Waals surface area (Å²) < 4.78 is 2.39. The zero-order valence-corrected chi connectivity index (χ0v) is 18.8. The van der Waals surface area contributed by atoms with Crippen molar-refractivity contribution in [3.05, 3.63) is 18.0 Å². The van der Waals surface area contributed by atoms with Crippen molar-refractivity contribution in [2.45, 2.75) is 83.3 Å². The van der Waals surface area contributed by atoms with E-state index >= 15 is 0 Å². The average Bonchev–Trinajstić information content (AvgIpc) is 3.14. The minimum Gasteiger partial charge on any atom is -0.481 e. The van der Waals surface area contributed by atoms with Gasteiger partial charge >= 0.3 is 0 Å². The molecule has 2 aromatic heterocycles. The molecule has 0 bridgehead atoms. The molecule has 31 heavy (non-hydrogen) atoms. The summed E-state index contributed by atoms with van der Waals surface area (Å²) in [6.07, 6.45) is 12.7. The molecule has 0 amide bonds. The third kappa shape index (κ3) is 6.40. The van der Waals surface area contributed by atoms with Crippen molar-refractivity contribution in [3.8, 4) is 0 Å². The van der Waals surface area contributed by atoms with Gasteiger partial charge in [0.2, 0.25) is 5.95 Å². The van der Waals surface area contributed by atoms with E-state index in [2.05, 4.69) is 33.3 Å². The standard InChI is InChI=1S/C21H33N5O.C2H4O2/c1-2-3-10-23-21-24-13-18-19(15-8-11-22-12-9-15)14-26(20(18)25-21)16-4-6-17(27)7-5-16;1-2(3)4/h13-17,22,27H,2-12H2,1H3,(H,23,24,25);1H3,(H,3,4). The molecule has 1 saturated carbocycles. The van der Waals surface area contributed by atoms with Gasteiger partial charge in [-0.05, 0) is 69.5 Å². The summed E-state index contributed by atoms with van der Waals surface area (Å²) in [5.74, 6) is 0.495. The molecular formula is C23H37N5O3. The van der Waals surface area contributed by atoms with Gasteiger partial charge in [0.15, 0.2) is 0 Å². The monoisotopic (exact) mass is 431 g/mol. The molecule has 0 atom stereocenters. The van der Waals surface area contributed by atoms with Crippen LogP contribution in [0.2, 0.25) is 0 Å². The summed E-state index contributed by atoms with van der Waals surface area (Å²) in [6.45, 7) is 6.37. The second-order valence-electron chi connectivity index (χ2n) is 8.71. The summed E-state index contributed by atoms with van der Waals surface area (Å²) in [4.78, 5) is 18.5. The van der Waals surface area contributed by atoms with Crippen LogP contribution in [-0.4, -0.2) is 56.5 Å². The predicted molar refractivity (Wildman–Crippen MR) is 123 cm³/mol. The number of carbonyl (C=O) groups is 1. The maximum atomic E-state index is 9.91. The Bertz CT molecular complexity index is 835. The van der Waals surface area contributed by atoms with Crippen molar-refractivity contribution in [3.63, 3.8) is 0 Å². The number of nitrogens with one attached hydrogen (secondary N) is 2. The third-order valence-corrected chi connectivity index (χ3v) is 6.25. The van der Waals surface area contributed by atoms with Crippen molar-refractivity contribution < 1.29 is 15.0 Å². The zero-order valence-electron chi connectivity index (χ0n) is 18.8. The number of aliphatic carboxylic acids is 1. The molecule has 1 saturated heterocycles. The Hall–Kier alpha value is -2.19. The molecule has 0 spiro atoms. The molecular weight excluding hydrogens is 394 g/mol. The number of hydrogen-bond acceptors (Lipinski definition) is 6. The number of carboxylic acid groups (broad SMARTS) is 1. The van der Waals surface area contributed by atoms with Gasteiger partial charge in [0.05, 0.1) is 6.10 Å². The summed E-state index contributed by atoms with van der Waals surface area (Å²) in [7, 11) is 0. The second-order valence-corrected chi connectivity index (χ2v) is 8.71. The molecule has 0 radical (unpaired) electrons. The average molecular weight is 432 g/mol. The van der Waals surface area contributed by atoms with Crippen LogP contribution in [0.4, 0.5) is 5.95 Å². The molecule has 172 valence electrons. The normalized spacial score (nSPS) is 22.0. The Balaban J connectivity index is 0.000000628. The predicted octanol–water partition coefficient (Wildman–Crippen LogP) is 3.68. The molecule has 1 aliphatic heterocycles. The van der Waals surface area contributed by atoms with Crippen molar-refractivity contribution in [1.29, 1.82) is 0 Å². The Morgan fingerprint density at radius 2 is 1.90 bits per heavy atom. The van der Waals surface area contributed by atoms with Gasteiger partial charge in [-0.3, -0.25) is 4.79 Å². The van der Waals surface area contributed by atoms with Crippen LogP contribution >= 0.6 is 0 Å². The molecule has 2 aliphatic rings. The Labute approximate surface area is 184 Å². The lowest BCUT2D eigenvalue weighted by Crippen LogP contribution is -2.26. The topological polar surface area (TPSA) is 112 Å². The van der Waals surface area contributed by atoms with Crippen molar-refractivity contribution in [1.82, 2.24) is 19.9 Å². The molecule has 3 heterocycles. The fourth-order valence-corrected chi connectivity index (χ4v) is 4.59. The number of rotatable bonds is 6. The molecule has 8 nitrogen and oxygen atoms in total. The number of nitrogens with zero attached hydrogens (tertiary/aromatic N) is 3. The molecule has 4 rings (SSSR count). The number of fused-ring (bicyclic) bond motifs is 1. The Morgan fingerprint density at radius 1 is 1.23 bits per heavy atom. The Morgan fingerprint density at radius 3 is 2.55 bits per heavy atom. The highest BCUT2D eigenvalue weighted by Crippen LogP contribution is 2.37. The Kier molecular flexibility index (Phi) is 8.66. The number of aliphatic hydroxyl groups excluding tert-OH is 1. The first-order valence-corrected chi connectivity index (χ1v) is 11.7. The number of aliphatic hydroxyl groups is 1. The fourth-order valence-electron chi connectivity index (χ4n) is 4.59. The minimum absolute atomic E-state index is 0.132. The zero-order chi connectivity index (χ0) is 22.2. The van der Waals surface area contributed by atoms with Gasteiger partial charge in [0.25, 0.3) is 5.97 Å². The van der Waals surface area contributed by atoms with E-state index in [1.807, 2.05) is 6.20 Å². The summed E-state index contributed by atoms with van der Waals surface area (Å²) >= 11 is 0. The molecule has 8 heteroatoms. The van der Waals surface area contributed by atoms with E-state index in [1.165, 1.54) is 23.8 Å². The van der Waals surface area contributed by atoms with E-state index in [1.54, 1.807) is 0 Å². The maximum absolute atomic E-state index is 9.91. The lowest BCUT2D eigenvalue weighted by molar-refractivity contribution is -0.134. The van der Waals surface area contributed by atoms with Crippen LogP contribution in [0.25, 0.3) is 11.0 Å². The van der Waals surface area contributed by atoms with Gasteiger partial charge in [-0.25, -0.2) is 4.98 Å². The highest BCUT2D eigenvalue weighted by molar-refractivity contribution is 5.81. The van der Waals surface area contributed by atoms with Gasteiger partial charge in [-0.15, -0.1) is 0 Å². The number of unbranched alkanes of at least 4 members (excludes halogenated alkanes) is 1. The van der Waals surface area contributed by atoms with E-state index in [0.29, 0.717) is 12.0 Å². The van der Waals surface area contributed by atoms with E-state index in [9.17, 15) is 5.11 Å². The third-order valence-electron chi connectivity index (χ3n) is 6.25. The van der Waals surface area contributed by atoms with Crippen LogP contribution < -0.4 is 10.6 Å². The first kappa shape index (κ1) is 23.5. The number of anilines is 1. The smallest absolute Gasteiger partial charge is 0.300 e. The highest BCUT2D eigenvalue weighted by Gasteiger charge is 2.26.